The molecule has 1 aromatic rings. The molecular weight excluding hydrogens is 234 g/mol. The minimum Gasteiger partial charge on any atom is -0.370 e. The van der Waals surface area contributed by atoms with Gasteiger partial charge in [0.25, 0.3) is 0 Å². The van der Waals surface area contributed by atoms with Crippen molar-refractivity contribution < 1.29 is 0 Å². The summed E-state index contributed by atoms with van der Waals surface area (Å²) in [6.45, 7) is 5.96. The lowest BCUT2D eigenvalue weighted by atomic mass is 9.98. The number of anilines is 1. The van der Waals surface area contributed by atoms with Gasteiger partial charge in [0, 0.05) is 24.8 Å². The number of nitrogens with one attached hydrogen (secondary N) is 2. The van der Waals surface area contributed by atoms with Gasteiger partial charge in [-0.1, -0.05) is 18.2 Å². The van der Waals surface area contributed by atoms with Crippen LogP contribution in [0, 0.1) is 5.92 Å². The summed E-state index contributed by atoms with van der Waals surface area (Å²) in [6, 6.07) is 11.5. The van der Waals surface area contributed by atoms with Crippen molar-refractivity contribution in [2.45, 2.75) is 25.3 Å². The molecule has 2 fully saturated rings. The topological polar surface area (TPSA) is 27.3 Å². The van der Waals surface area contributed by atoms with Gasteiger partial charge in [-0.25, -0.2) is 0 Å². The number of rotatable bonds is 4. The Labute approximate surface area is 116 Å². The molecule has 0 radical (unpaired) electrons. The van der Waals surface area contributed by atoms with Crippen LogP contribution < -0.4 is 15.5 Å². The zero-order valence-electron chi connectivity index (χ0n) is 11.6. The zero-order valence-corrected chi connectivity index (χ0v) is 11.6. The fourth-order valence-electron chi connectivity index (χ4n) is 3.22. The highest BCUT2D eigenvalue weighted by molar-refractivity contribution is 5.47. The lowest BCUT2D eigenvalue weighted by molar-refractivity contribution is 0.343. The van der Waals surface area contributed by atoms with Gasteiger partial charge in [0.05, 0.1) is 0 Å². The summed E-state index contributed by atoms with van der Waals surface area (Å²) >= 11 is 0. The van der Waals surface area contributed by atoms with Crippen molar-refractivity contribution in [3.05, 3.63) is 30.3 Å². The summed E-state index contributed by atoms with van der Waals surface area (Å²) in [6.07, 6.45) is 3.95. The SMILES string of the molecule is c1ccc(N2CC[C@H](NCC3CCNCC3)C2)cc1. The first kappa shape index (κ1) is 12.9. The highest BCUT2D eigenvalue weighted by atomic mass is 15.2. The van der Waals surface area contributed by atoms with E-state index in [2.05, 4.69) is 45.9 Å². The summed E-state index contributed by atoms with van der Waals surface area (Å²) in [7, 11) is 0. The third-order valence-corrected chi connectivity index (χ3v) is 4.46. The molecular formula is C16H25N3. The Morgan fingerprint density at radius 2 is 1.89 bits per heavy atom. The number of nitrogens with zero attached hydrogens (tertiary/aromatic N) is 1. The van der Waals surface area contributed by atoms with E-state index in [9.17, 15) is 0 Å². The molecule has 0 unspecified atom stereocenters. The van der Waals surface area contributed by atoms with Gasteiger partial charge in [-0.3, -0.25) is 0 Å². The molecule has 1 atom stereocenters. The molecule has 0 saturated carbocycles. The molecule has 3 rings (SSSR count). The normalized spacial score (nSPS) is 24.8. The van der Waals surface area contributed by atoms with Crippen molar-refractivity contribution in [3.63, 3.8) is 0 Å². The largest absolute Gasteiger partial charge is 0.370 e. The van der Waals surface area contributed by atoms with Gasteiger partial charge in [-0.15, -0.1) is 0 Å². The first-order chi connectivity index (χ1) is 9.42. The molecule has 0 aromatic heterocycles. The molecule has 1 aromatic carbocycles. The maximum absolute atomic E-state index is 3.78. The molecule has 0 amide bonds. The summed E-state index contributed by atoms with van der Waals surface area (Å²) in [4.78, 5) is 2.50. The lowest BCUT2D eigenvalue weighted by Gasteiger charge is -2.25. The lowest BCUT2D eigenvalue weighted by Crippen LogP contribution is -2.39. The van der Waals surface area contributed by atoms with Gasteiger partial charge in [0.2, 0.25) is 0 Å². The second kappa shape index (κ2) is 6.40. The van der Waals surface area contributed by atoms with Crippen LogP contribution in [0.3, 0.4) is 0 Å². The van der Waals surface area contributed by atoms with Crippen molar-refractivity contribution in [2.75, 3.05) is 37.6 Å². The molecule has 3 heteroatoms. The standard InChI is InChI=1S/C16H25N3/c1-2-4-16(5-3-1)19-11-8-15(13-19)18-12-14-6-9-17-10-7-14/h1-5,14-15,17-18H,6-13H2/t15-/m0/s1. The number of benzene rings is 1. The van der Waals surface area contributed by atoms with E-state index in [0.29, 0.717) is 6.04 Å². The minimum absolute atomic E-state index is 0.676. The highest BCUT2D eigenvalue weighted by Crippen LogP contribution is 2.20. The van der Waals surface area contributed by atoms with Crippen molar-refractivity contribution in [1.82, 2.24) is 10.6 Å². The van der Waals surface area contributed by atoms with Crippen LogP contribution in [0.5, 0.6) is 0 Å². The van der Waals surface area contributed by atoms with Gasteiger partial charge in [-0.2, -0.15) is 0 Å². The van der Waals surface area contributed by atoms with Gasteiger partial charge < -0.3 is 15.5 Å². The fourth-order valence-corrected chi connectivity index (χ4v) is 3.22. The Bertz CT molecular complexity index is 373. The maximum Gasteiger partial charge on any atom is 0.0366 e. The summed E-state index contributed by atoms with van der Waals surface area (Å²) in [5.41, 5.74) is 1.37. The molecule has 3 nitrogen and oxygen atoms in total. The van der Waals surface area contributed by atoms with Gasteiger partial charge in [0.1, 0.15) is 0 Å². The Morgan fingerprint density at radius 3 is 2.68 bits per heavy atom. The quantitative estimate of drug-likeness (QED) is 0.864. The average Bonchev–Trinajstić information content (AvgIpc) is 2.96. The Morgan fingerprint density at radius 1 is 1.11 bits per heavy atom. The molecule has 104 valence electrons. The predicted octanol–water partition coefficient (Wildman–Crippen LogP) is 1.85. The highest BCUT2D eigenvalue weighted by Gasteiger charge is 2.23. The predicted molar refractivity (Wildman–Crippen MR) is 80.7 cm³/mol. The zero-order chi connectivity index (χ0) is 12.9. The van der Waals surface area contributed by atoms with Crippen LogP contribution in [-0.4, -0.2) is 38.8 Å². The maximum atomic E-state index is 3.78. The van der Waals surface area contributed by atoms with E-state index >= 15 is 0 Å². The molecule has 2 N–H and O–H groups in total. The van der Waals surface area contributed by atoms with Crippen LogP contribution in [0.4, 0.5) is 5.69 Å². The molecule has 2 heterocycles. The third kappa shape index (κ3) is 3.48. The first-order valence-electron chi connectivity index (χ1n) is 7.66. The molecule has 0 aliphatic carbocycles. The Hall–Kier alpha value is -1.06. The molecule has 2 saturated heterocycles. The van der Waals surface area contributed by atoms with Crippen molar-refractivity contribution in [3.8, 4) is 0 Å². The van der Waals surface area contributed by atoms with Gasteiger partial charge in [0.15, 0.2) is 0 Å². The molecule has 0 bridgehead atoms. The second-order valence-corrected chi connectivity index (χ2v) is 5.87. The minimum atomic E-state index is 0.676. The molecule has 2 aliphatic rings. The smallest absolute Gasteiger partial charge is 0.0366 e. The number of hydrogen-bond acceptors (Lipinski definition) is 3. The third-order valence-electron chi connectivity index (χ3n) is 4.46. The fraction of sp³-hybridized carbons (Fsp3) is 0.625. The Balaban J connectivity index is 1.44. The van der Waals surface area contributed by atoms with Crippen molar-refractivity contribution in [2.24, 2.45) is 5.92 Å². The van der Waals surface area contributed by atoms with Crippen molar-refractivity contribution >= 4 is 5.69 Å². The first-order valence-corrected chi connectivity index (χ1v) is 7.66. The Kier molecular flexibility index (Phi) is 4.36. The van der Waals surface area contributed by atoms with Crippen LogP contribution in [0.2, 0.25) is 0 Å². The molecule has 0 spiro atoms. The van der Waals surface area contributed by atoms with Crippen molar-refractivity contribution in [1.29, 1.82) is 0 Å². The van der Waals surface area contributed by atoms with Crippen LogP contribution in [0.25, 0.3) is 0 Å². The summed E-state index contributed by atoms with van der Waals surface area (Å²) < 4.78 is 0. The molecule has 2 aliphatic heterocycles. The van der Waals surface area contributed by atoms with E-state index < -0.39 is 0 Å². The molecule has 19 heavy (non-hydrogen) atoms. The van der Waals surface area contributed by atoms with E-state index in [0.717, 1.165) is 12.5 Å². The van der Waals surface area contributed by atoms with E-state index in [1.807, 2.05) is 0 Å². The van der Waals surface area contributed by atoms with Crippen LogP contribution in [0.1, 0.15) is 19.3 Å². The van der Waals surface area contributed by atoms with Crippen LogP contribution in [0.15, 0.2) is 30.3 Å². The monoisotopic (exact) mass is 259 g/mol. The second-order valence-electron chi connectivity index (χ2n) is 5.87. The van der Waals surface area contributed by atoms with Crippen LogP contribution in [-0.2, 0) is 0 Å². The number of para-hydroxylation sites is 1. The number of piperidine rings is 1. The van der Waals surface area contributed by atoms with E-state index in [1.165, 1.54) is 51.1 Å². The number of hydrogen-bond donors (Lipinski definition) is 2. The van der Waals surface area contributed by atoms with E-state index in [1.54, 1.807) is 0 Å². The van der Waals surface area contributed by atoms with Gasteiger partial charge >= 0.3 is 0 Å². The van der Waals surface area contributed by atoms with Gasteiger partial charge in [-0.05, 0) is 56.9 Å². The van der Waals surface area contributed by atoms with E-state index in [-0.39, 0.29) is 0 Å². The van der Waals surface area contributed by atoms with Crippen LogP contribution >= 0.6 is 0 Å². The van der Waals surface area contributed by atoms with E-state index in [4.69, 9.17) is 0 Å². The average molecular weight is 259 g/mol. The summed E-state index contributed by atoms with van der Waals surface area (Å²) in [5.74, 6) is 0.882. The summed E-state index contributed by atoms with van der Waals surface area (Å²) in [5, 5.41) is 7.22.